The number of carbonyl (C=O) groups excluding carboxylic acids is 1. The highest BCUT2D eigenvalue weighted by Gasteiger charge is 2.14. The van der Waals surface area contributed by atoms with Gasteiger partial charge in [-0.3, -0.25) is 9.48 Å². The molecule has 100 valence electrons. The van der Waals surface area contributed by atoms with Gasteiger partial charge in [-0.25, -0.2) is 0 Å². The SMILES string of the molecule is Cc1cc(C(=O)Nc2c(C)cc(Br)cc2N)n(C)n1. The Balaban J connectivity index is 2.32. The van der Waals surface area contributed by atoms with Crippen LogP contribution in [0.4, 0.5) is 11.4 Å². The molecule has 0 aliphatic carbocycles. The zero-order valence-corrected chi connectivity index (χ0v) is 12.6. The third-order valence-electron chi connectivity index (χ3n) is 2.80. The van der Waals surface area contributed by atoms with Gasteiger partial charge in [0.15, 0.2) is 0 Å². The largest absolute Gasteiger partial charge is 0.397 e. The normalized spacial score (nSPS) is 10.5. The van der Waals surface area contributed by atoms with E-state index in [0.29, 0.717) is 17.1 Å². The summed E-state index contributed by atoms with van der Waals surface area (Å²) >= 11 is 3.37. The highest BCUT2D eigenvalue weighted by Crippen LogP contribution is 2.28. The Morgan fingerprint density at radius 2 is 2.05 bits per heavy atom. The summed E-state index contributed by atoms with van der Waals surface area (Å²) in [5.74, 6) is -0.222. The van der Waals surface area contributed by atoms with Crippen LogP contribution in [0.3, 0.4) is 0 Å². The molecule has 0 fully saturated rings. The fourth-order valence-electron chi connectivity index (χ4n) is 1.94. The van der Waals surface area contributed by atoms with Crippen molar-refractivity contribution in [3.8, 4) is 0 Å². The van der Waals surface area contributed by atoms with Gasteiger partial charge in [0.1, 0.15) is 5.69 Å². The number of nitrogens with zero attached hydrogens (tertiary/aromatic N) is 2. The van der Waals surface area contributed by atoms with Crippen LogP contribution in [0, 0.1) is 13.8 Å². The monoisotopic (exact) mass is 322 g/mol. The lowest BCUT2D eigenvalue weighted by Gasteiger charge is -2.12. The van der Waals surface area contributed by atoms with Crippen LogP contribution in [0.5, 0.6) is 0 Å². The van der Waals surface area contributed by atoms with Crippen LogP contribution >= 0.6 is 15.9 Å². The van der Waals surface area contributed by atoms with Crippen molar-refractivity contribution in [3.05, 3.63) is 39.6 Å². The highest BCUT2D eigenvalue weighted by atomic mass is 79.9. The van der Waals surface area contributed by atoms with Gasteiger partial charge in [-0.1, -0.05) is 15.9 Å². The van der Waals surface area contributed by atoms with Crippen molar-refractivity contribution in [1.82, 2.24) is 9.78 Å². The minimum absolute atomic E-state index is 0.222. The number of hydrogen-bond donors (Lipinski definition) is 2. The third kappa shape index (κ3) is 2.78. The second-order valence-electron chi connectivity index (χ2n) is 4.44. The van der Waals surface area contributed by atoms with E-state index in [4.69, 9.17) is 5.73 Å². The maximum Gasteiger partial charge on any atom is 0.273 e. The summed E-state index contributed by atoms with van der Waals surface area (Å²) in [6, 6.07) is 5.40. The van der Waals surface area contributed by atoms with Crippen molar-refractivity contribution < 1.29 is 4.79 Å². The molecular weight excluding hydrogens is 308 g/mol. The molecule has 1 heterocycles. The van der Waals surface area contributed by atoms with Crippen LogP contribution in [0.2, 0.25) is 0 Å². The van der Waals surface area contributed by atoms with Gasteiger partial charge in [0, 0.05) is 11.5 Å². The molecule has 1 aromatic heterocycles. The van der Waals surface area contributed by atoms with E-state index in [0.717, 1.165) is 15.7 Å². The van der Waals surface area contributed by atoms with Crippen LogP contribution in [0.25, 0.3) is 0 Å². The van der Waals surface area contributed by atoms with Crippen LogP contribution in [-0.2, 0) is 7.05 Å². The second kappa shape index (κ2) is 5.05. The predicted octanol–water partition coefficient (Wildman–Crippen LogP) is 2.63. The summed E-state index contributed by atoms with van der Waals surface area (Å²) < 4.78 is 2.44. The van der Waals surface area contributed by atoms with E-state index in [2.05, 4.69) is 26.3 Å². The van der Waals surface area contributed by atoms with Gasteiger partial charge in [0.25, 0.3) is 5.91 Å². The molecule has 1 aromatic carbocycles. The Bertz CT molecular complexity index is 625. The zero-order chi connectivity index (χ0) is 14.2. The van der Waals surface area contributed by atoms with Crippen molar-refractivity contribution >= 4 is 33.2 Å². The summed E-state index contributed by atoms with van der Waals surface area (Å²) in [4.78, 5) is 12.2. The number of hydrogen-bond acceptors (Lipinski definition) is 3. The average molecular weight is 323 g/mol. The van der Waals surface area contributed by atoms with Gasteiger partial charge >= 0.3 is 0 Å². The molecule has 0 bridgehead atoms. The molecule has 0 radical (unpaired) electrons. The molecule has 5 nitrogen and oxygen atoms in total. The molecule has 19 heavy (non-hydrogen) atoms. The molecule has 1 amide bonds. The summed E-state index contributed by atoms with van der Waals surface area (Å²) in [5.41, 5.74) is 9.28. The first-order valence-corrected chi connectivity index (χ1v) is 6.55. The van der Waals surface area contributed by atoms with Crippen molar-refractivity contribution in [2.75, 3.05) is 11.1 Å². The quantitative estimate of drug-likeness (QED) is 0.835. The number of nitrogens with two attached hydrogens (primary N) is 1. The lowest BCUT2D eigenvalue weighted by atomic mass is 10.1. The highest BCUT2D eigenvalue weighted by molar-refractivity contribution is 9.10. The molecule has 2 rings (SSSR count). The molecule has 0 aliphatic heterocycles. The van der Waals surface area contributed by atoms with Gasteiger partial charge in [-0.15, -0.1) is 0 Å². The molecule has 0 aliphatic rings. The van der Waals surface area contributed by atoms with Crippen molar-refractivity contribution in [2.24, 2.45) is 7.05 Å². The van der Waals surface area contributed by atoms with E-state index in [9.17, 15) is 4.79 Å². The van der Waals surface area contributed by atoms with Crippen LogP contribution in [-0.4, -0.2) is 15.7 Å². The van der Waals surface area contributed by atoms with Crippen LogP contribution < -0.4 is 11.1 Å². The van der Waals surface area contributed by atoms with E-state index >= 15 is 0 Å². The van der Waals surface area contributed by atoms with Gasteiger partial charge in [0.2, 0.25) is 0 Å². The Labute approximate surface area is 119 Å². The standard InChI is InChI=1S/C13H15BrN4O/c1-7-4-9(14)6-10(15)12(7)16-13(19)11-5-8(2)17-18(11)3/h4-6H,15H2,1-3H3,(H,16,19). The zero-order valence-electron chi connectivity index (χ0n) is 11.0. The fourth-order valence-corrected chi connectivity index (χ4v) is 2.53. The van der Waals surface area contributed by atoms with Crippen LogP contribution in [0.1, 0.15) is 21.7 Å². The summed E-state index contributed by atoms with van der Waals surface area (Å²) in [7, 11) is 1.74. The minimum Gasteiger partial charge on any atom is -0.397 e. The second-order valence-corrected chi connectivity index (χ2v) is 5.35. The molecule has 3 N–H and O–H groups in total. The molecule has 0 saturated heterocycles. The Morgan fingerprint density at radius 1 is 1.37 bits per heavy atom. The first-order valence-electron chi connectivity index (χ1n) is 5.76. The number of benzene rings is 1. The van der Waals surface area contributed by atoms with Crippen molar-refractivity contribution in [2.45, 2.75) is 13.8 Å². The number of carbonyl (C=O) groups is 1. The first kappa shape index (κ1) is 13.6. The van der Waals surface area contributed by atoms with E-state index in [1.165, 1.54) is 0 Å². The molecule has 2 aromatic rings. The van der Waals surface area contributed by atoms with Gasteiger partial charge in [-0.05, 0) is 37.6 Å². The van der Waals surface area contributed by atoms with E-state index in [1.54, 1.807) is 23.9 Å². The lowest BCUT2D eigenvalue weighted by Crippen LogP contribution is -2.17. The van der Waals surface area contributed by atoms with Gasteiger partial charge < -0.3 is 11.1 Å². The number of nitrogen functional groups attached to an aromatic ring is 1. The maximum absolute atomic E-state index is 12.2. The van der Waals surface area contributed by atoms with E-state index in [-0.39, 0.29) is 5.91 Å². The van der Waals surface area contributed by atoms with Gasteiger partial charge in [0.05, 0.1) is 17.1 Å². The molecule has 6 heteroatoms. The van der Waals surface area contributed by atoms with Gasteiger partial charge in [-0.2, -0.15) is 5.10 Å². The average Bonchev–Trinajstić information content (AvgIpc) is 2.62. The van der Waals surface area contributed by atoms with Crippen LogP contribution in [0.15, 0.2) is 22.7 Å². The number of anilines is 2. The third-order valence-corrected chi connectivity index (χ3v) is 3.26. The summed E-state index contributed by atoms with van der Waals surface area (Å²) in [5, 5.41) is 6.98. The number of aryl methyl sites for hydroxylation is 3. The minimum atomic E-state index is -0.222. The number of halogens is 1. The fraction of sp³-hybridized carbons (Fsp3) is 0.231. The summed E-state index contributed by atoms with van der Waals surface area (Å²) in [6.45, 7) is 3.74. The van der Waals surface area contributed by atoms with Crippen molar-refractivity contribution in [3.63, 3.8) is 0 Å². The lowest BCUT2D eigenvalue weighted by molar-refractivity contribution is 0.101. The molecule has 0 atom stereocenters. The smallest absolute Gasteiger partial charge is 0.273 e. The number of amides is 1. The number of aromatic nitrogens is 2. The number of rotatable bonds is 2. The Kier molecular flexibility index (Phi) is 3.61. The Hall–Kier alpha value is -1.82. The molecular formula is C13H15BrN4O. The first-order chi connectivity index (χ1) is 8.88. The maximum atomic E-state index is 12.2. The molecule has 0 saturated carbocycles. The Morgan fingerprint density at radius 3 is 2.58 bits per heavy atom. The number of nitrogens with one attached hydrogen (secondary N) is 1. The predicted molar refractivity (Wildman–Crippen MR) is 79.2 cm³/mol. The van der Waals surface area contributed by atoms with E-state index in [1.807, 2.05) is 19.9 Å². The molecule has 0 unspecified atom stereocenters. The molecule has 0 spiro atoms. The topological polar surface area (TPSA) is 72.9 Å². The summed E-state index contributed by atoms with van der Waals surface area (Å²) in [6.07, 6.45) is 0. The van der Waals surface area contributed by atoms with Crippen molar-refractivity contribution in [1.29, 1.82) is 0 Å². The van der Waals surface area contributed by atoms with E-state index < -0.39 is 0 Å².